The molecule has 0 fully saturated rings. The fraction of sp³-hybridized carbons (Fsp3) is 0.280. The second-order valence-electron chi connectivity index (χ2n) is 8.45. The molecule has 4 rings (SSSR count). The van der Waals surface area contributed by atoms with Crippen LogP contribution in [0.5, 0.6) is 17.2 Å². The third kappa shape index (κ3) is 3.48. The van der Waals surface area contributed by atoms with Crippen molar-refractivity contribution in [3.8, 4) is 17.2 Å². The number of ketones is 1. The quantitative estimate of drug-likeness (QED) is 0.700. The molecule has 6 nitrogen and oxygen atoms in total. The molecule has 0 saturated heterocycles. The van der Waals surface area contributed by atoms with Gasteiger partial charge < -0.3 is 19.7 Å². The van der Waals surface area contributed by atoms with Gasteiger partial charge >= 0.3 is 5.97 Å². The van der Waals surface area contributed by atoms with Crippen molar-refractivity contribution in [1.82, 2.24) is 0 Å². The van der Waals surface area contributed by atoms with Crippen molar-refractivity contribution in [2.45, 2.75) is 39.4 Å². The number of phenols is 1. The van der Waals surface area contributed by atoms with Gasteiger partial charge in [-0.15, -0.1) is 0 Å². The highest BCUT2D eigenvalue weighted by Gasteiger charge is 2.40. The minimum Gasteiger partial charge on any atom is -0.506 e. The Labute approximate surface area is 180 Å². The Balaban J connectivity index is 2.11. The van der Waals surface area contributed by atoms with E-state index >= 15 is 0 Å². The van der Waals surface area contributed by atoms with E-state index in [0.29, 0.717) is 11.1 Å². The van der Waals surface area contributed by atoms with Crippen molar-refractivity contribution in [1.29, 1.82) is 0 Å². The molecule has 0 radical (unpaired) electrons. The molecule has 0 aliphatic carbocycles. The van der Waals surface area contributed by atoms with E-state index in [1.165, 1.54) is 0 Å². The summed E-state index contributed by atoms with van der Waals surface area (Å²) in [7, 11) is 0. The number of aliphatic carboxylic acids is 1. The number of carbonyl (C=O) groups is 2. The maximum atomic E-state index is 13.2. The molecule has 2 aromatic rings. The number of carboxylic acids is 1. The topological polar surface area (TPSA) is 93.1 Å². The highest BCUT2D eigenvalue weighted by Crippen LogP contribution is 2.53. The number of hydrogen-bond donors (Lipinski definition) is 2. The number of hydrogen-bond acceptors (Lipinski definition) is 5. The summed E-state index contributed by atoms with van der Waals surface area (Å²) in [5, 5.41) is 20.9. The minimum atomic E-state index is -1.18. The number of ether oxygens (including phenoxy) is 2. The standard InChI is InChI=1S/C25H24O6/c1-13-14(2)30-23-16-10-11-25(3,4)31-24(16)19(22(29)20(23)21(13)28)17(12-18(26)27)15-8-6-5-7-9-15/h5-14,29H,1-4H3,(H,26,27)/b17-12+/t13-,14+/m0/s1. The van der Waals surface area contributed by atoms with Crippen molar-refractivity contribution in [3.05, 3.63) is 64.7 Å². The Hall–Kier alpha value is -3.54. The summed E-state index contributed by atoms with van der Waals surface area (Å²) in [6.45, 7) is 7.26. The SMILES string of the molecule is C[C@@H]1C(=O)c2c(O)c(/C(=C/C(=O)O)c3ccccc3)c3c(c2O[C@@H]1C)C=CC(C)(C)O3. The maximum absolute atomic E-state index is 13.2. The average Bonchev–Trinajstić information content (AvgIpc) is 2.70. The van der Waals surface area contributed by atoms with Crippen molar-refractivity contribution < 1.29 is 29.3 Å². The van der Waals surface area contributed by atoms with Crippen LogP contribution in [0.2, 0.25) is 0 Å². The number of rotatable bonds is 3. The van der Waals surface area contributed by atoms with Gasteiger partial charge in [0, 0.05) is 11.6 Å². The fourth-order valence-corrected chi connectivity index (χ4v) is 3.92. The van der Waals surface area contributed by atoms with Gasteiger partial charge in [-0.3, -0.25) is 4.79 Å². The predicted octanol–water partition coefficient (Wildman–Crippen LogP) is 4.69. The molecule has 0 bridgehead atoms. The van der Waals surface area contributed by atoms with E-state index in [0.717, 1.165) is 6.08 Å². The zero-order valence-corrected chi connectivity index (χ0v) is 17.8. The summed E-state index contributed by atoms with van der Waals surface area (Å²) >= 11 is 0. The van der Waals surface area contributed by atoms with E-state index in [1.807, 2.05) is 26.0 Å². The lowest BCUT2D eigenvalue weighted by molar-refractivity contribution is -0.131. The van der Waals surface area contributed by atoms with Gasteiger partial charge in [-0.2, -0.15) is 0 Å². The minimum absolute atomic E-state index is 0.0551. The largest absolute Gasteiger partial charge is 0.506 e. The lowest BCUT2D eigenvalue weighted by Gasteiger charge is -2.35. The highest BCUT2D eigenvalue weighted by molar-refractivity contribution is 6.09. The molecule has 2 atom stereocenters. The molecule has 31 heavy (non-hydrogen) atoms. The molecule has 2 aliphatic rings. The number of carboxylic acid groups (broad SMARTS) is 1. The molecule has 2 aliphatic heterocycles. The number of aromatic hydroxyl groups is 1. The highest BCUT2D eigenvalue weighted by atomic mass is 16.5. The van der Waals surface area contributed by atoms with Gasteiger partial charge in [0.05, 0.1) is 17.0 Å². The molecule has 0 saturated carbocycles. The smallest absolute Gasteiger partial charge is 0.328 e. The average molecular weight is 420 g/mol. The van der Waals surface area contributed by atoms with E-state index < -0.39 is 17.5 Å². The van der Waals surface area contributed by atoms with Crippen LogP contribution in [0.1, 0.15) is 54.7 Å². The van der Waals surface area contributed by atoms with Gasteiger partial charge in [0.1, 0.15) is 34.5 Å². The molecule has 0 amide bonds. The fourth-order valence-electron chi connectivity index (χ4n) is 3.92. The normalized spacial score (nSPS) is 21.5. The number of carbonyl (C=O) groups excluding carboxylic acids is 1. The molecule has 2 N–H and O–H groups in total. The number of Topliss-reactive ketones (excluding diaryl/α,β-unsaturated/α-hetero) is 1. The Morgan fingerprint density at radius 2 is 1.81 bits per heavy atom. The van der Waals surface area contributed by atoms with Gasteiger partial charge in [-0.25, -0.2) is 4.79 Å². The molecule has 6 heteroatoms. The Morgan fingerprint density at radius 3 is 2.45 bits per heavy atom. The van der Waals surface area contributed by atoms with E-state index in [9.17, 15) is 19.8 Å². The maximum Gasteiger partial charge on any atom is 0.328 e. The second-order valence-corrected chi connectivity index (χ2v) is 8.45. The molecular weight excluding hydrogens is 396 g/mol. The lowest BCUT2D eigenvalue weighted by Crippen LogP contribution is -2.35. The summed E-state index contributed by atoms with van der Waals surface area (Å²) in [6.07, 6.45) is 4.29. The van der Waals surface area contributed by atoms with Gasteiger partial charge in [-0.05, 0) is 38.5 Å². The third-order valence-electron chi connectivity index (χ3n) is 5.72. The zero-order chi connectivity index (χ0) is 22.5. The first-order chi connectivity index (χ1) is 14.6. The number of phenolic OH excluding ortho intramolecular Hbond substituents is 1. The predicted molar refractivity (Wildman–Crippen MR) is 117 cm³/mol. The van der Waals surface area contributed by atoms with Crippen LogP contribution < -0.4 is 9.47 Å². The summed E-state index contributed by atoms with van der Waals surface area (Å²) in [5.74, 6) is -1.68. The van der Waals surface area contributed by atoms with Crippen LogP contribution in [-0.4, -0.2) is 33.7 Å². The van der Waals surface area contributed by atoms with E-state index in [4.69, 9.17) is 9.47 Å². The Bertz CT molecular complexity index is 1140. The summed E-state index contributed by atoms with van der Waals surface area (Å²) in [6, 6.07) is 8.85. The van der Waals surface area contributed by atoms with E-state index in [2.05, 4.69) is 0 Å². The molecule has 2 aromatic carbocycles. The van der Waals surface area contributed by atoms with E-state index in [1.54, 1.807) is 44.2 Å². The molecule has 0 spiro atoms. The van der Waals surface area contributed by atoms with Crippen molar-refractivity contribution >= 4 is 23.4 Å². The second kappa shape index (κ2) is 7.30. The first-order valence-electron chi connectivity index (χ1n) is 10.1. The van der Waals surface area contributed by atoms with Crippen LogP contribution in [-0.2, 0) is 4.79 Å². The van der Waals surface area contributed by atoms with E-state index in [-0.39, 0.29) is 45.8 Å². The Morgan fingerprint density at radius 1 is 1.13 bits per heavy atom. The first-order valence-corrected chi connectivity index (χ1v) is 10.1. The van der Waals surface area contributed by atoms with Gasteiger partial charge in [0.2, 0.25) is 0 Å². The van der Waals surface area contributed by atoms with Crippen LogP contribution in [0, 0.1) is 5.92 Å². The van der Waals surface area contributed by atoms with Crippen LogP contribution in [0.15, 0.2) is 42.5 Å². The molecular formula is C25H24O6. The molecule has 0 aromatic heterocycles. The summed E-state index contributed by atoms with van der Waals surface area (Å²) < 4.78 is 12.2. The van der Waals surface area contributed by atoms with Crippen LogP contribution in [0.25, 0.3) is 11.6 Å². The third-order valence-corrected chi connectivity index (χ3v) is 5.72. The van der Waals surface area contributed by atoms with Crippen LogP contribution in [0.4, 0.5) is 0 Å². The van der Waals surface area contributed by atoms with Gasteiger partial charge in [-0.1, -0.05) is 37.3 Å². The van der Waals surface area contributed by atoms with Gasteiger partial charge in [0.15, 0.2) is 5.78 Å². The van der Waals surface area contributed by atoms with Crippen LogP contribution >= 0.6 is 0 Å². The summed E-state index contributed by atoms with van der Waals surface area (Å²) in [4.78, 5) is 24.9. The zero-order valence-electron chi connectivity index (χ0n) is 17.8. The summed E-state index contributed by atoms with van der Waals surface area (Å²) in [5.41, 5.74) is 0.851. The van der Waals surface area contributed by atoms with Crippen molar-refractivity contribution in [3.63, 3.8) is 0 Å². The van der Waals surface area contributed by atoms with Crippen molar-refractivity contribution in [2.75, 3.05) is 0 Å². The Kier molecular flexibility index (Phi) is 4.88. The number of fused-ring (bicyclic) bond motifs is 3. The van der Waals surface area contributed by atoms with Crippen molar-refractivity contribution in [2.24, 2.45) is 5.92 Å². The monoisotopic (exact) mass is 420 g/mol. The molecule has 160 valence electrons. The first kappa shape index (κ1) is 20.7. The molecule has 0 unspecified atom stereocenters. The molecule has 2 heterocycles. The van der Waals surface area contributed by atoms with Crippen LogP contribution in [0.3, 0.4) is 0 Å². The van der Waals surface area contributed by atoms with Gasteiger partial charge in [0.25, 0.3) is 0 Å². The lowest BCUT2D eigenvalue weighted by atomic mass is 9.83. The number of benzene rings is 2.